The third kappa shape index (κ3) is 2.03. The number of fused-ring (bicyclic) bond motifs is 1. The van der Waals surface area contributed by atoms with Gasteiger partial charge in [0.15, 0.2) is 0 Å². The second kappa shape index (κ2) is 4.67. The largest absolute Gasteiger partial charge is 0.361 e. The van der Waals surface area contributed by atoms with E-state index >= 15 is 0 Å². The fourth-order valence-corrected chi connectivity index (χ4v) is 2.36. The Hall–Kier alpha value is -2.06. The van der Waals surface area contributed by atoms with Crippen molar-refractivity contribution in [3.8, 4) is 0 Å². The molecule has 2 aromatic carbocycles. The van der Waals surface area contributed by atoms with Gasteiger partial charge in [-0.2, -0.15) is 0 Å². The molecule has 3 aromatic rings. The van der Waals surface area contributed by atoms with Crippen LogP contribution in [0.15, 0.2) is 54.7 Å². The van der Waals surface area contributed by atoms with Crippen molar-refractivity contribution in [2.75, 3.05) is 0 Å². The van der Waals surface area contributed by atoms with Crippen LogP contribution in [0.25, 0.3) is 10.9 Å². The van der Waals surface area contributed by atoms with Crippen molar-refractivity contribution >= 4 is 10.9 Å². The lowest BCUT2D eigenvalue weighted by molar-refractivity contribution is 1.06. The highest BCUT2D eigenvalue weighted by Gasteiger charge is 2.04. The minimum absolute atomic E-state index is 0.599. The molecule has 3 N–H and O–H groups in total. The summed E-state index contributed by atoms with van der Waals surface area (Å²) in [6.45, 7) is 0.599. The third-order valence-electron chi connectivity index (χ3n) is 3.30. The van der Waals surface area contributed by atoms with E-state index in [0.717, 1.165) is 6.42 Å². The zero-order valence-corrected chi connectivity index (χ0v) is 10.2. The van der Waals surface area contributed by atoms with Crippen molar-refractivity contribution in [1.82, 2.24) is 4.98 Å². The molecule has 2 nitrogen and oxygen atoms in total. The van der Waals surface area contributed by atoms with E-state index < -0.39 is 0 Å². The second-order valence-corrected chi connectivity index (χ2v) is 4.56. The van der Waals surface area contributed by atoms with Crippen LogP contribution in [0, 0.1) is 0 Å². The number of aromatic nitrogens is 1. The van der Waals surface area contributed by atoms with Crippen molar-refractivity contribution in [2.24, 2.45) is 5.73 Å². The van der Waals surface area contributed by atoms with Crippen LogP contribution < -0.4 is 5.73 Å². The van der Waals surface area contributed by atoms with Gasteiger partial charge >= 0.3 is 0 Å². The summed E-state index contributed by atoms with van der Waals surface area (Å²) in [6, 6.07) is 16.9. The summed E-state index contributed by atoms with van der Waals surface area (Å²) in [4.78, 5) is 3.31. The van der Waals surface area contributed by atoms with E-state index in [1.54, 1.807) is 0 Å². The molecule has 0 spiro atoms. The number of nitrogens with one attached hydrogen (secondary N) is 1. The summed E-state index contributed by atoms with van der Waals surface area (Å²) < 4.78 is 0. The molecule has 0 atom stereocenters. The third-order valence-corrected chi connectivity index (χ3v) is 3.30. The van der Waals surface area contributed by atoms with Gasteiger partial charge in [0.1, 0.15) is 0 Å². The summed E-state index contributed by atoms with van der Waals surface area (Å²) in [6.07, 6.45) is 3.04. The first-order chi connectivity index (χ1) is 8.86. The monoisotopic (exact) mass is 236 g/mol. The minimum atomic E-state index is 0.599. The van der Waals surface area contributed by atoms with Crippen molar-refractivity contribution in [3.05, 3.63) is 71.4 Å². The predicted octanol–water partition coefficient (Wildman–Crippen LogP) is 3.22. The zero-order valence-electron chi connectivity index (χ0n) is 10.2. The molecule has 90 valence electrons. The number of benzene rings is 2. The molecule has 0 amide bonds. The molecule has 3 rings (SSSR count). The Morgan fingerprint density at radius 1 is 0.944 bits per heavy atom. The lowest BCUT2D eigenvalue weighted by Gasteiger charge is -2.03. The zero-order chi connectivity index (χ0) is 12.4. The topological polar surface area (TPSA) is 41.8 Å². The molecule has 0 saturated heterocycles. The van der Waals surface area contributed by atoms with Crippen LogP contribution in [0.1, 0.15) is 16.7 Å². The first kappa shape index (κ1) is 11.1. The minimum Gasteiger partial charge on any atom is -0.361 e. The Bertz CT molecular complexity index is 667. The fraction of sp³-hybridized carbons (Fsp3) is 0.125. The maximum atomic E-state index is 5.68. The number of hydrogen-bond donors (Lipinski definition) is 2. The van der Waals surface area contributed by atoms with Crippen molar-refractivity contribution in [3.63, 3.8) is 0 Å². The quantitative estimate of drug-likeness (QED) is 0.720. The molecule has 0 unspecified atom stereocenters. The van der Waals surface area contributed by atoms with Gasteiger partial charge in [0.25, 0.3) is 0 Å². The fourth-order valence-electron chi connectivity index (χ4n) is 2.36. The van der Waals surface area contributed by atoms with Gasteiger partial charge in [-0.1, -0.05) is 42.5 Å². The van der Waals surface area contributed by atoms with Gasteiger partial charge in [0.05, 0.1) is 0 Å². The summed E-state index contributed by atoms with van der Waals surface area (Å²) in [5, 5.41) is 1.30. The van der Waals surface area contributed by atoms with E-state index in [-0.39, 0.29) is 0 Å². The molecular weight excluding hydrogens is 220 g/mol. The SMILES string of the molecule is NCc1cccc(Cc2c[nH]c3ccccc23)c1. The van der Waals surface area contributed by atoms with Gasteiger partial charge in [-0.15, -0.1) is 0 Å². The number of aromatic amines is 1. The lowest BCUT2D eigenvalue weighted by Crippen LogP contribution is -1.97. The molecule has 1 aromatic heterocycles. The van der Waals surface area contributed by atoms with Crippen LogP contribution in [-0.4, -0.2) is 4.98 Å². The van der Waals surface area contributed by atoms with Crippen LogP contribution in [0.2, 0.25) is 0 Å². The molecule has 0 aliphatic rings. The Balaban J connectivity index is 1.96. The summed E-state index contributed by atoms with van der Waals surface area (Å²) in [7, 11) is 0. The molecule has 0 fully saturated rings. The predicted molar refractivity (Wildman–Crippen MR) is 75.4 cm³/mol. The Morgan fingerprint density at radius 3 is 2.67 bits per heavy atom. The van der Waals surface area contributed by atoms with Crippen molar-refractivity contribution in [1.29, 1.82) is 0 Å². The number of rotatable bonds is 3. The van der Waals surface area contributed by atoms with Gasteiger partial charge in [-0.3, -0.25) is 0 Å². The van der Waals surface area contributed by atoms with E-state index in [1.807, 2.05) is 0 Å². The standard InChI is InChI=1S/C16H16N2/c17-10-13-5-3-4-12(8-13)9-14-11-18-16-7-2-1-6-15(14)16/h1-8,11,18H,9-10,17H2. The van der Waals surface area contributed by atoms with Crippen LogP contribution in [-0.2, 0) is 13.0 Å². The molecule has 0 bridgehead atoms. The highest BCUT2D eigenvalue weighted by atomic mass is 14.7. The van der Waals surface area contributed by atoms with Crippen molar-refractivity contribution < 1.29 is 0 Å². The Labute approximate surface area is 106 Å². The van der Waals surface area contributed by atoms with Crippen LogP contribution in [0.3, 0.4) is 0 Å². The number of H-pyrrole nitrogens is 1. The van der Waals surface area contributed by atoms with E-state index in [9.17, 15) is 0 Å². The molecular formula is C16H16N2. The average Bonchev–Trinajstić information content (AvgIpc) is 2.83. The van der Waals surface area contributed by atoms with E-state index in [0.29, 0.717) is 6.54 Å². The van der Waals surface area contributed by atoms with Gasteiger partial charge in [0.2, 0.25) is 0 Å². The normalized spacial score (nSPS) is 10.9. The van der Waals surface area contributed by atoms with Crippen LogP contribution >= 0.6 is 0 Å². The van der Waals surface area contributed by atoms with Gasteiger partial charge in [-0.25, -0.2) is 0 Å². The van der Waals surface area contributed by atoms with Gasteiger partial charge < -0.3 is 10.7 Å². The molecule has 2 heteroatoms. The van der Waals surface area contributed by atoms with Crippen LogP contribution in [0.4, 0.5) is 0 Å². The van der Waals surface area contributed by atoms with Crippen molar-refractivity contribution in [2.45, 2.75) is 13.0 Å². The van der Waals surface area contributed by atoms with Crippen LogP contribution in [0.5, 0.6) is 0 Å². The lowest BCUT2D eigenvalue weighted by atomic mass is 10.0. The summed E-state index contributed by atoms with van der Waals surface area (Å²) in [5.74, 6) is 0. The molecule has 0 aliphatic heterocycles. The number of para-hydroxylation sites is 1. The summed E-state index contributed by atoms with van der Waals surface area (Å²) in [5.41, 5.74) is 10.7. The number of nitrogens with two attached hydrogens (primary N) is 1. The van der Waals surface area contributed by atoms with Gasteiger partial charge in [0, 0.05) is 23.6 Å². The molecule has 1 heterocycles. The molecule has 0 saturated carbocycles. The first-order valence-corrected chi connectivity index (χ1v) is 6.19. The second-order valence-electron chi connectivity index (χ2n) is 4.56. The van der Waals surface area contributed by atoms with E-state index in [1.165, 1.54) is 27.6 Å². The van der Waals surface area contributed by atoms with Gasteiger partial charge in [-0.05, 0) is 29.2 Å². The Kier molecular flexibility index (Phi) is 2.87. The Morgan fingerprint density at radius 2 is 1.78 bits per heavy atom. The highest BCUT2D eigenvalue weighted by Crippen LogP contribution is 2.21. The molecule has 18 heavy (non-hydrogen) atoms. The average molecular weight is 236 g/mol. The van der Waals surface area contributed by atoms with E-state index in [4.69, 9.17) is 5.73 Å². The first-order valence-electron chi connectivity index (χ1n) is 6.19. The smallest absolute Gasteiger partial charge is 0.0456 e. The van der Waals surface area contributed by atoms with E-state index in [2.05, 4.69) is 59.7 Å². The molecule has 0 radical (unpaired) electrons. The summed E-state index contributed by atoms with van der Waals surface area (Å²) >= 11 is 0. The maximum absolute atomic E-state index is 5.68. The number of hydrogen-bond acceptors (Lipinski definition) is 1. The maximum Gasteiger partial charge on any atom is 0.0456 e. The highest BCUT2D eigenvalue weighted by molar-refractivity contribution is 5.83. The molecule has 0 aliphatic carbocycles.